The average Bonchev–Trinajstić information content (AvgIpc) is 2.51. The van der Waals surface area contributed by atoms with E-state index < -0.39 is 0 Å². The summed E-state index contributed by atoms with van der Waals surface area (Å²) in [5.74, 6) is -0.0692. The number of nitrogens with one attached hydrogen (secondary N) is 1. The van der Waals surface area contributed by atoms with Gasteiger partial charge in [-0.25, -0.2) is 0 Å². The van der Waals surface area contributed by atoms with Crippen molar-refractivity contribution in [3.63, 3.8) is 0 Å². The van der Waals surface area contributed by atoms with Crippen molar-refractivity contribution in [1.82, 2.24) is 0 Å². The fourth-order valence-electron chi connectivity index (χ4n) is 0.660. The lowest BCUT2D eigenvalue weighted by Gasteiger charge is -1.98. The molecule has 0 radical (unpaired) electrons. The van der Waals surface area contributed by atoms with Crippen LogP contribution in [0.4, 0.5) is 5.00 Å². The Bertz CT molecular complexity index is 326. The maximum atomic E-state index is 10.9. The Balaban J connectivity index is 2.76. The van der Waals surface area contributed by atoms with Crippen LogP contribution in [0.15, 0.2) is 11.4 Å². The van der Waals surface area contributed by atoms with E-state index >= 15 is 0 Å². The van der Waals surface area contributed by atoms with Crippen LogP contribution in [0.1, 0.15) is 5.56 Å². The fourth-order valence-corrected chi connectivity index (χ4v) is 1.49. The largest absolute Gasteiger partial charge is 0.316 e. The second-order valence-electron chi connectivity index (χ2n) is 1.98. The molecule has 1 aromatic heterocycles. The third-order valence-electron chi connectivity index (χ3n) is 1.18. The van der Waals surface area contributed by atoms with Gasteiger partial charge in [0.05, 0.1) is 11.3 Å². The first-order valence-corrected chi connectivity index (χ1v) is 4.67. The van der Waals surface area contributed by atoms with Crippen molar-refractivity contribution >= 4 is 34.9 Å². The molecule has 0 aliphatic heterocycles. The zero-order valence-electron chi connectivity index (χ0n) is 6.07. The summed E-state index contributed by atoms with van der Waals surface area (Å²) in [5.41, 5.74) is 0.495. The molecule has 12 heavy (non-hydrogen) atoms. The number of hydrogen-bond acceptors (Lipinski definition) is 4. The van der Waals surface area contributed by atoms with Crippen molar-refractivity contribution in [2.75, 3.05) is 11.1 Å². The molecule has 62 valence electrons. The third kappa shape index (κ3) is 2.00. The number of amides is 1. The average molecular weight is 198 g/mol. The molecule has 1 aromatic rings. The van der Waals surface area contributed by atoms with Gasteiger partial charge in [0, 0.05) is 0 Å². The second kappa shape index (κ2) is 4.14. The number of carbonyl (C=O) groups is 1. The first-order valence-electron chi connectivity index (χ1n) is 3.16. The van der Waals surface area contributed by atoms with E-state index in [1.54, 1.807) is 11.4 Å². The minimum absolute atomic E-state index is 0.128. The Morgan fingerprint density at radius 1 is 1.83 bits per heavy atom. The highest BCUT2D eigenvalue weighted by Crippen LogP contribution is 2.21. The molecule has 0 fully saturated rings. The van der Waals surface area contributed by atoms with E-state index in [9.17, 15) is 4.79 Å². The van der Waals surface area contributed by atoms with Gasteiger partial charge in [-0.05, 0) is 11.4 Å². The van der Waals surface area contributed by atoms with Crippen molar-refractivity contribution in [2.24, 2.45) is 0 Å². The number of nitriles is 1. The minimum Gasteiger partial charge on any atom is -0.316 e. The standard InChI is InChI=1S/C7H6N2OS2/c8-3-5-1-2-12-7(5)9-6(10)4-11/h1-2,11H,4H2,(H,9,10). The molecule has 0 spiro atoms. The number of thiophene rings is 1. The Morgan fingerprint density at radius 3 is 3.17 bits per heavy atom. The highest BCUT2D eigenvalue weighted by molar-refractivity contribution is 7.81. The van der Waals surface area contributed by atoms with Crippen LogP contribution in [0.25, 0.3) is 0 Å². The lowest BCUT2D eigenvalue weighted by Crippen LogP contribution is -2.12. The third-order valence-corrected chi connectivity index (χ3v) is 2.30. The van der Waals surface area contributed by atoms with Gasteiger partial charge >= 0.3 is 0 Å². The number of rotatable bonds is 2. The smallest absolute Gasteiger partial charge is 0.234 e. The molecular weight excluding hydrogens is 192 g/mol. The number of anilines is 1. The normalized spacial score (nSPS) is 9.00. The molecule has 5 heteroatoms. The Hall–Kier alpha value is -0.990. The predicted molar refractivity (Wildman–Crippen MR) is 51.5 cm³/mol. The zero-order chi connectivity index (χ0) is 8.97. The fraction of sp³-hybridized carbons (Fsp3) is 0.143. The highest BCUT2D eigenvalue weighted by Gasteiger charge is 2.05. The van der Waals surface area contributed by atoms with E-state index in [-0.39, 0.29) is 11.7 Å². The molecule has 0 aliphatic rings. The SMILES string of the molecule is N#Cc1ccsc1NC(=O)CS. The van der Waals surface area contributed by atoms with E-state index in [1.807, 2.05) is 6.07 Å². The van der Waals surface area contributed by atoms with Gasteiger partial charge in [-0.15, -0.1) is 11.3 Å². The van der Waals surface area contributed by atoms with Crippen LogP contribution in [0.5, 0.6) is 0 Å². The van der Waals surface area contributed by atoms with Crippen LogP contribution in [0.2, 0.25) is 0 Å². The molecule has 3 nitrogen and oxygen atoms in total. The van der Waals surface area contributed by atoms with E-state index in [0.29, 0.717) is 10.6 Å². The molecule has 1 rings (SSSR count). The van der Waals surface area contributed by atoms with Gasteiger partial charge in [-0.3, -0.25) is 4.79 Å². The first kappa shape index (κ1) is 9.10. The van der Waals surface area contributed by atoms with Crippen LogP contribution >= 0.6 is 24.0 Å². The molecule has 0 saturated heterocycles. The lowest BCUT2D eigenvalue weighted by molar-refractivity contribution is -0.113. The molecule has 0 bridgehead atoms. The Morgan fingerprint density at radius 2 is 2.58 bits per heavy atom. The maximum Gasteiger partial charge on any atom is 0.234 e. The van der Waals surface area contributed by atoms with Gasteiger partial charge in [0.15, 0.2) is 0 Å². The quantitative estimate of drug-likeness (QED) is 0.707. The summed E-state index contributed by atoms with van der Waals surface area (Å²) in [5, 5.41) is 13.5. The van der Waals surface area contributed by atoms with E-state index in [2.05, 4.69) is 17.9 Å². The highest BCUT2D eigenvalue weighted by atomic mass is 32.1. The molecular formula is C7H6N2OS2. The van der Waals surface area contributed by atoms with Crippen molar-refractivity contribution < 1.29 is 4.79 Å². The second-order valence-corrected chi connectivity index (χ2v) is 3.21. The number of nitrogens with zero attached hydrogens (tertiary/aromatic N) is 1. The van der Waals surface area contributed by atoms with Gasteiger partial charge in [0.25, 0.3) is 0 Å². The summed E-state index contributed by atoms with van der Waals surface area (Å²) in [6.45, 7) is 0. The molecule has 1 N–H and O–H groups in total. The summed E-state index contributed by atoms with van der Waals surface area (Å²) >= 11 is 5.13. The van der Waals surface area contributed by atoms with Crippen molar-refractivity contribution in [1.29, 1.82) is 5.26 Å². The van der Waals surface area contributed by atoms with Crippen LogP contribution in [-0.2, 0) is 4.79 Å². The topological polar surface area (TPSA) is 52.9 Å². The summed E-state index contributed by atoms with van der Waals surface area (Å²) in [6, 6.07) is 3.64. The monoisotopic (exact) mass is 198 g/mol. The molecule has 0 saturated carbocycles. The number of hydrogen-bond donors (Lipinski definition) is 2. The van der Waals surface area contributed by atoms with Crippen molar-refractivity contribution in [3.05, 3.63) is 17.0 Å². The maximum absolute atomic E-state index is 10.9. The first-order chi connectivity index (χ1) is 5.77. The molecule has 0 atom stereocenters. The number of carbonyl (C=O) groups excluding carboxylic acids is 1. The van der Waals surface area contributed by atoms with E-state index in [1.165, 1.54) is 11.3 Å². The summed E-state index contributed by atoms with van der Waals surface area (Å²) in [7, 11) is 0. The minimum atomic E-state index is -0.197. The Labute approximate surface area is 79.4 Å². The molecule has 0 unspecified atom stereocenters. The van der Waals surface area contributed by atoms with Gasteiger partial charge < -0.3 is 5.32 Å². The molecule has 1 amide bonds. The molecule has 1 heterocycles. The van der Waals surface area contributed by atoms with Gasteiger partial charge in [0.2, 0.25) is 5.91 Å². The Kier molecular flexibility index (Phi) is 3.14. The summed E-state index contributed by atoms with van der Waals surface area (Å²) in [4.78, 5) is 10.9. The van der Waals surface area contributed by atoms with Gasteiger partial charge in [-0.1, -0.05) is 0 Å². The van der Waals surface area contributed by atoms with Crippen LogP contribution in [0, 0.1) is 11.3 Å². The molecule has 0 aromatic carbocycles. The molecule has 0 aliphatic carbocycles. The van der Waals surface area contributed by atoms with Gasteiger partial charge in [0.1, 0.15) is 11.1 Å². The van der Waals surface area contributed by atoms with Crippen LogP contribution in [0.3, 0.4) is 0 Å². The number of thiol groups is 1. The zero-order valence-corrected chi connectivity index (χ0v) is 7.78. The van der Waals surface area contributed by atoms with Gasteiger partial charge in [-0.2, -0.15) is 17.9 Å². The lowest BCUT2D eigenvalue weighted by atomic mass is 10.3. The van der Waals surface area contributed by atoms with E-state index in [4.69, 9.17) is 5.26 Å². The van der Waals surface area contributed by atoms with Crippen LogP contribution < -0.4 is 5.32 Å². The summed E-state index contributed by atoms with van der Waals surface area (Å²) < 4.78 is 0. The van der Waals surface area contributed by atoms with Crippen molar-refractivity contribution in [2.45, 2.75) is 0 Å². The van der Waals surface area contributed by atoms with E-state index in [0.717, 1.165) is 0 Å². The summed E-state index contributed by atoms with van der Waals surface area (Å²) in [6.07, 6.45) is 0. The predicted octanol–water partition coefficient (Wildman–Crippen LogP) is 1.49. The van der Waals surface area contributed by atoms with Crippen molar-refractivity contribution in [3.8, 4) is 6.07 Å². The van der Waals surface area contributed by atoms with Crippen LogP contribution in [-0.4, -0.2) is 11.7 Å².